The molecule has 1 aromatic rings. The Bertz CT molecular complexity index is 542. The van der Waals surface area contributed by atoms with Crippen molar-refractivity contribution in [1.82, 2.24) is 0 Å². The molecule has 1 saturated carbocycles. The van der Waals surface area contributed by atoms with Gasteiger partial charge in [-0.15, -0.1) is 0 Å². The van der Waals surface area contributed by atoms with Gasteiger partial charge in [-0.1, -0.05) is 45.2 Å². The molecule has 1 aromatic carbocycles. The molecule has 0 bridgehead atoms. The maximum Gasteiger partial charge on any atom is 0.307 e. The Hall–Kier alpha value is -0.680. The maximum atomic E-state index is 12.7. The minimum atomic E-state index is -0.856. The van der Waals surface area contributed by atoms with Crippen molar-refractivity contribution in [2.24, 2.45) is 17.8 Å². The van der Waals surface area contributed by atoms with Crippen LogP contribution in [0.25, 0.3) is 0 Å². The molecule has 3 atom stereocenters. The van der Waals surface area contributed by atoms with Crippen LogP contribution in [0, 0.1) is 17.8 Å². The first-order chi connectivity index (χ1) is 9.43. The van der Waals surface area contributed by atoms with Gasteiger partial charge in [0.05, 0.1) is 5.92 Å². The van der Waals surface area contributed by atoms with Gasteiger partial charge >= 0.3 is 5.97 Å². The molecule has 1 aliphatic rings. The van der Waals surface area contributed by atoms with Crippen LogP contribution >= 0.6 is 31.9 Å². The molecule has 0 spiro atoms. The number of aliphatic carboxylic acids is 1. The van der Waals surface area contributed by atoms with Crippen LogP contribution in [-0.2, 0) is 4.79 Å². The van der Waals surface area contributed by atoms with Crippen molar-refractivity contribution in [2.75, 3.05) is 0 Å². The number of ketones is 1. The molecule has 108 valence electrons. The fraction of sp³-hybridized carbons (Fsp3) is 0.467. The normalized spacial score (nSPS) is 25.6. The van der Waals surface area contributed by atoms with Crippen molar-refractivity contribution >= 4 is 43.6 Å². The van der Waals surface area contributed by atoms with Crippen LogP contribution < -0.4 is 0 Å². The molecule has 0 radical (unpaired) electrons. The summed E-state index contributed by atoms with van der Waals surface area (Å²) < 4.78 is 1.54. The van der Waals surface area contributed by atoms with Crippen molar-refractivity contribution in [3.63, 3.8) is 0 Å². The van der Waals surface area contributed by atoms with E-state index < -0.39 is 17.8 Å². The van der Waals surface area contributed by atoms with Crippen molar-refractivity contribution < 1.29 is 14.7 Å². The van der Waals surface area contributed by atoms with E-state index in [1.807, 2.05) is 13.0 Å². The van der Waals surface area contributed by atoms with Gasteiger partial charge in [-0.05, 0) is 37.0 Å². The molecule has 0 saturated heterocycles. The molecule has 0 aliphatic heterocycles. The molecule has 1 N–H and O–H groups in total. The Kier molecular flexibility index (Phi) is 5.02. The molecule has 3 nitrogen and oxygen atoms in total. The van der Waals surface area contributed by atoms with Crippen LogP contribution in [0.3, 0.4) is 0 Å². The van der Waals surface area contributed by atoms with E-state index in [0.717, 1.165) is 15.4 Å². The summed E-state index contributed by atoms with van der Waals surface area (Å²) in [6.07, 6.45) is 2.20. The Labute approximate surface area is 135 Å². The van der Waals surface area contributed by atoms with Crippen LogP contribution in [-0.4, -0.2) is 16.9 Å². The van der Waals surface area contributed by atoms with E-state index in [9.17, 15) is 14.7 Å². The lowest BCUT2D eigenvalue weighted by Crippen LogP contribution is -2.25. The summed E-state index contributed by atoms with van der Waals surface area (Å²) in [6.45, 7) is 2.05. The Morgan fingerprint density at radius 2 is 1.90 bits per heavy atom. The predicted octanol–water partition coefficient (Wildman–Crippen LogP) is 4.53. The Morgan fingerprint density at radius 1 is 1.25 bits per heavy atom. The fourth-order valence-electron chi connectivity index (χ4n) is 2.93. The zero-order valence-electron chi connectivity index (χ0n) is 11.1. The number of hydrogen-bond acceptors (Lipinski definition) is 2. The number of carbonyl (C=O) groups is 2. The highest BCUT2D eigenvalue weighted by Gasteiger charge is 2.42. The average molecular weight is 404 g/mol. The van der Waals surface area contributed by atoms with E-state index in [4.69, 9.17) is 0 Å². The Balaban J connectivity index is 2.31. The first kappa shape index (κ1) is 15.7. The van der Waals surface area contributed by atoms with Gasteiger partial charge in [0, 0.05) is 20.4 Å². The molecular weight excluding hydrogens is 388 g/mol. The smallest absolute Gasteiger partial charge is 0.307 e. The van der Waals surface area contributed by atoms with Crippen molar-refractivity contribution in [2.45, 2.75) is 26.2 Å². The van der Waals surface area contributed by atoms with E-state index in [1.165, 1.54) is 0 Å². The largest absolute Gasteiger partial charge is 0.481 e. The second-order valence-corrected chi connectivity index (χ2v) is 7.06. The summed E-state index contributed by atoms with van der Waals surface area (Å²) in [5.74, 6) is -1.57. The predicted molar refractivity (Wildman–Crippen MR) is 83.8 cm³/mol. The summed E-state index contributed by atoms with van der Waals surface area (Å²) in [5, 5.41) is 9.34. The van der Waals surface area contributed by atoms with Crippen LogP contribution in [0.1, 0.15) is 36.5 Å². The molecule has 0 heterocycles. The third-order valence-corrected chi connectivity index (χ3v) is 5.27. The number of carboxylic acids is 1. The van der Waals surface area contributed by atoms with Gasteiger partial charge in [0.15, 0.2) is 5.78 Å². The summed E-state index contributed by atoms with van der Waals surface area (Å²) in [4.78, 5) is 24.1. The van der Waals surface area contributed by atoms with Gasteiger partial charge < -0.3 is 5.11 Å². The fourth-order valence-corrected chi connectivity index (χ4v) is 3.73. The quantitative estimate of drug-likeness (QED) is 0.751. The third kappa shape index (κ3) is 3.14. The monoisotopic (exact) mass is 402 g/mol. The lowest BCUT2D eigenvalue weighted by molar-refractivity contribution is -0.142. The van der Waals surface area contributed by atoms with Gasteiger partial charge in [0.1, 0.15) is 0 Å². The van der Waals surface area contributed by atoms with E-state index in [2.05, 4.69) is 31.9 Å². The topological polar surface area (TPSA) is 54.4 Å². The number of benzene rings is 1. The number of hydrogen-bond donors (Lipinski definition) is 1. The van der Waals surface area contributed by atoms with Crippen molar-refractivity contribution in [3.8, 4) is 0 Å². The minimum absolute atomic E-state index is 0.0680. The standard InChI is InChI=1S/C15H16Br2O3/c1-2-8-5-10(11(6-8)15(19)20)14(18)12-7-9(16)3-4-13(12)17/h3-4,7-8,10-11H,2,5-6H2,1H3,(H,19,20). The first-order valence-electron chi connectivity index (χ1n) is 6.66. The summed E-state index contributed by atoms with van der Waals surface area (Å²) in [6, 6.07) is 5.41. The Morgan fingerprint density at radius 3 is 2.50 bits per heavy atom. The molecule has 5 heteroatoms. The summed E-state index contributed by atoms with van der Waals surface area (Å²) in [5.41, 5.74) is 0.562. The van der Waals surface area contributed by atoms with E-state index >= 15 is 0 Å². The number of carbonyl (C=O) groups excluding carboxylic acids is 1. The van der Waals surface area contributed by atoms with Gasteiger partial charge in [0.2, 0.25) is 0 Å². The SMILES string of the molecule is CCC1CC(C(=O)O)C(C(=O)c2cc(Br)ccc2Br)C1. The molecular formula is C15H16Br2O3. The van der Waals surface area contributed by atoms with Gasteiger partial charge in [0.25, 0.3) is 0 Å². The molecule has 1 aliphatic carbocycles. The van der Waals surface area contributed by atoms with E-state index in [0.29, 0.717) is 24.3 Å². The highest BCUT2D eigenvalue weighted by Crippen LogP contribution is 2.41. The maximum absolute atomic E-state index is 12.7. The van der Waals surface area contributed by atoms with E-state index in [1.54, 1.807) is 12.1 Å². The second-order valence-electron chi connectivity index (χ2n) is 5.29. The number of Topliss-reactive ketones (excluding diaryl/α,β-unsaturated/α-hetero) is 1. The minimum Gasteiger partial charge on any atom is -0.481 e. The average Bonchev–Trinajstić information content (AvgIpc) is 2.85. The highest BCUT2D eigenvalue weighted by atomic mass is 79.9. The van der Waals surface area contributed by atoms with Crippen LogP contribution in [0.2, 0.25) is 0 Å². The lowest BCUT2D eigenvalue weighted by atomic mass is 9.88. The number of halogens is 2. The van der Waals surface area contributed by atoms with Gasteiger partial charge in [-0.3, -0.25) is 9.59 Å². The van der Waals surface area contributed by atoms with Crippen molar-refractivity contribution in [3.05, 3.63) is 32.7 Å². The van der Waals surface area contributed by atoms with Crippen LogP contribution in [0.4, 0.5) is 0 Å². The van der Waals surface area contributed by atoms with E-state index in [-0.39, 0.29) is 5.78 Å². The molecule has 1 fully saturated rings. The van der Waals surface area contributed by atoms with Gasteiger partial charge in [-0.25, -0.2) is 0 Å². The molecule has 20 heavy (non-hydrogen) atoms. The molecule has 3 unspecified atom stereocenters. The van der Waals surface area contributed by atoms with Crippen LogP contribution in [0.5, 0.6) is 0 Å². The zero-order valence-corrected chi connectivity index (χ0v) is 14.3. The van der Waals surface area contributed by atoms with Crippen molar-refractivity contribution in [1.29, 1.82) is 0 Å². The second kappa shape index (κ2) is 6.39. The highest BCUT2D eigenvalue weighted by molar-refractivity contribution is 9.11. The van der Waals surface area contributed by atoms with Crippen LogP contribution in [0.15, 0.2) is 27.1 Å². The molecule has 0 amide bonds. The first-order valence-corrected chi connectivity index (χ1v) is 8.24. The number of rotatable bonds is 4. The molecule has 2 rings (SSSR count). The third-order valence-electron chi connectivity index (χ3n) is 4.09. The lowest BCUT2D eigenvalue weighted by Gasteiger charge is -2.15. The summed E-state index contributed by atoms with van der Waals surface area (Å²) >= 11 is 6.73. The number of carboxylic acid groups (broad SMARTS) is 1. The summed E-state index contributed by atoms with van der Waals surface area (Å²) in [7, 11) is 0. The zero-order chi connectivity index (χ0) is 14.9. The molecule has 0 aromatic heterocycles. The van der Waals surface area contributed by atoms with Gasteiger partial charge in [-0.2, -0.15) is 0 Å².